The molecule has 6 aliphatic heterocycles. The number of carbonyl (C=O) groups is 6. The predicted molar refractivity (Wildman–Crippen MR) is 511 cm³/mol. The number of fused-ring (bicyclic) bond motifs is 17. The zero-order valence-corrected chi connectivity index (χ0v) is 87.7. The van der Waals surface area contributed by atoms with Crippen molar-refractivity contribution in [3.8, 4) is 34.9 Å². The van der Waals surface area contributed by atoms with Crippen molar-refractivity contribution >= 4 is 87.6 Å². The number of benzene rings is 3. The molecule has 2 unspecified atom stereocenters. The van der Waals surface area contributed by atoms with E-state index < -0.39 is 65.4 Å². The largest absolute Gasteiger partial charge is 0.540 e. The van der Waals surface area contributed by atoms with Crippen LogP contribution in [0.1, 0.15) is 304 Å². The molecule has 20 atom stereocenters. The number of nitrogens with zero attached hydrogens (tertiary/aromatic N) is 9. The Kier molecular flexibility index (Phi) is 35.3. The Morgan fingerprint density at radius 2 is 0.712 bits per heavy atom. The average molecular weight is 2020 g/mol. The molecule has 9 heterocycles. The fraction of sp³-hybridized carbons (Fsp3) is 0.697. The second-order valence-corrected chi connectivity index (χ2v) is 43.6. The zero-order chi connectivity index (χ0) is 95.5. The fourth-order valence-electron chi connectivity index (χ4n) is 26.4. The van der Waals surface area contributed by atoms with Crippen molar-refractivity contribution in [2.45, 2.75) is 360 Å². The Morgan fingerprint density at radius 3 is 1.07 bits per heavy atom. The summed E-state index contributed by atoms with van der Waals surface area (Å²) < 4.78 is 55.0. The van der Waals surface area contributed by atoms with E-state index in [4.69, 9.17) is 72.5 Å². The molecule has 3 radical (unpaired) electrons. The van der Waals surface area contributed by atoms with Crippen molar-refractivity contribution in [2.75, 3.05) is 41.0 Å². The van der Waals surface area contributed by atoms with Crippen molar-refractivity contribution in [3.05, 3.63) is 71.7 Å². The van der Waals surface area contributed by atoms with Gasteiger partial charge in [0.25, 0.3) is 0 Å². The average Bonchev–Trinajstić information content (AvgIpc) is 1.60. The summed E-state index contributed by atoms with van der Waals surface area (Å²) >= 11 is 0. The molecular formula is C109H144N9O18V3-3. The summed E-state index contributed by atoms with van der Waals surface area (Å²) in [5, 5.41) is 0. The minimum atomic E-state index is -0.762. The Labute approximate surface area is 856 Å². The molecule has 27 nitrogen and oxygen atoms in total. The minimum absolute atomic E-state index is 0. The molecule has 751 valence electrons. The third-order valence-corrected chi connectivity index (χ3v) is 35.0. The molecule has 0 spiro atoms. The van der Waals surface area contributed by atoms with E-state index in [1.54, 1.807) is 36.0 Å². The van der Waals surface area contributed by atoms with Crippen LogP contribution < -0.4 is 28.4 Å². The summed E-state index contributed by atoms with van der Waals surface area (Å²) in [5.41, 5.74) is 4.78. The molecule has 10 fully saturated rings. The normalized spacial score (nSPS) is 32.4. The number of amides is 3. The number of esters is 3. The molecule has 19 rings (SSSR count). The molecule has 7 aliphatic carbocycles. The first-order valence-corrected chi connectivity index (χ1v) is 51.9. The van der Waals surface area contributed by atoms with Gasteiger partial charge in [0.15, 0.2) is 0 Å². The molecule has 3 saturated heterocycles. The number of methoxy groups -OCH3 is 3. The second-order valence-electron chi connectivity index (χ2n) is 43.6. The van der Waals surface area contributed by atoms with Gasteiger partial charge in [0.1, 0.15) is 69.9 Å². The molecule has 7 saturated carbocycles. The number of hydrogen-bond donors (Lipinski definition) is 0. The number of aryl methyl sites for hydroxylation is 3. The molecule has 13 aliphatic rings. The van der Waals surface area contributed by atoms with Gasteiger partial charge in [-0.25, -0.2) is 48.8 Å². The van der Waals surface area contributed by atoms with Crippen LogP contribution in [0.15, 0.2) is 54.6 Å². The van der Waals surface area contributed by atoms with Gasteiger partial charge in [0.2, 0.25) is 35.4 Å². The maximum atomic E-state index is 14.6. The first-order chi connectivity index (χ1) is 65.7. The number of rotatable bonds is 12. The van der Waals surface area contributed by atoms with Gasteiger partial charge in [-0.3, -0.25) is 28.8 Å². The molecule has 6 bridgehead atoms. The molecule has 139 heavy (non-hydrogen) atoms. The molecule has 3 amide bonds. The third kappa shape index (κ3) is 23.1. The number of aromatic nitrogens is 6. The van der Waals surface area contributed by atoms with Gasteiger partial charge in [-0.05, 0) is 243 Å². The topological polar surface area (TPSA) is 324 Å². The second kappa shape index (κ2) is 46.0. The van der Waals surface area contributed by atoms with Gasteiger partial charge in [-0.2, -0.15) is 0 Å². The van der Waals surface area contributed by atoms with Crippen LogP contribution in [-0.2, 0) is 132 Å². The van der Waals surface area contributed by atoms with Crippen molar-refractivity contribution in [2.24, 2.45) is 81.3 Å². The zero-order valence-electron chi connectivity index (χ0n) is 83.5. The van der Waals surface area contributed by atoms with E-state index in [2.05, 4.69) is 46.6 Å². The monoisotopic (exact) mass is 2020 g/mol. The molecular weight excluding hydrogens is 1880 g/mol. The van der Waals surface area contributed by atoms with Gasteiger partial charge < -0.3 is 71.7 Å². The SMILES string of the molecule is CC[C@@H]1[C@@H]2CN(C(=O)[C@H](C3(C)CCCC3)CC(=O)O[C@@H]3CC4CC4[C@H]3CCCCCc3nc4ccc(OC)cc4nc3O2)[C@@H]1[C-]=O.CC[C@@H]1[C@@H]2CN(C(=O)[C@H](C3(C)CCCC3)CC(=O)O[C@]3(C)CCC[C@H]3CCCCCc3nc4ccc(OC)cc4nc3O2)[C@@H]1[C-]=O.CC[C@@H]1[C@@H]2CN(C(=O)[C@H](C3(C)CCCC3)CC(=O)O[C@]3(C)C[C@H]3CCCCCc3nc4ccc(OC)cc4nc3O2)[C@@H]1[C-]=O.[V].[V].[V]. The number of ether oxygens (including phenoxy) is 9. The smallest absolute Gasteiger partial charge is 0.307 e. The molecule has 3 aromatic heterocycles. The standard InChI is InChI=1S/C37H48N3O6.C37H50N3O6.C35H46N3O6.3V/c1-4-24-31(21-41)40-20-33(24)46-35-29(38-28-13-12-23(44-3)18-30(28)39-35)11-7-5-6-10-25-26-16-22(26)17-32(25)45-34(42)19-27(36(40)43)37(2)14-8-9-15-37;1-5-26-31(23-41)40-22-32(26)45-34-29(38-28-16-15-25(44-4)20-30(28)39-34)14-8-6-7-12-24-13-11-19-37(24,3)46-33(42)21-27(35(40)43)36(2)17-9-10-18-36;1-5-24-29(21-39)38-20-30(24)43-32-27(36-26-14-13-23(42-4)17-28(26)37-32)12-8-6-7-11-22-19-35(22,3)44-31(40)18-25(33(38)41)34(2)15-9-10-16-34;;;/h12-13,18,22,24-27,31-33H,4-11,14-17,19-20H2,1-3H3;15-16,20,24,26-27,31-32H,5-14,17-19,21-22H2,1-4H3;13-14,17,22,24-25,29-30H,5-12,15-16,18-20H2,1-4H3;;;/q3*-1;;;/t22?,24-,25+,26?,27+,31+,32+,33-;24-,26+,27-,31-,32+,37-;22-,24+,25-,29-,30+,35-;;;/m011.../s1. The maximum absolute atomic E-state index is 14.6. The van der Waals surface area contributed by atoms with E-state index in [-0.39, 0.29) is 170 Å². The van der Waals surface area contributed by atoms with E-state index in [0.717, 1.165) is 226 Å². The number of hydrogen-bond acceptors (Lipinski definition) is 24. The van der Waals surface area contributed by atoms with Crippen LogP contribution in [0.3, 0.4) is 0 Å². The van der Waals surface area contributed by atoms with Crippen LogP contribution in [-0.4, -0.2) is 194 Å². The summed E-state index contributed by atoms with van der Waals surface area (Å²) in [6.45, 7) is 17.3. The summed E-state index contributed by atoms with van der Waals surface area (Å²) in [4.78, 5) is 157. The minimum Gasteiger partial charge on any atom is -0.540 e. The van der Waals surface area contributed by atoms with Crippen molar-refractivity contribution < 1.29 is 141 Å². The molecule has 3 aromatic carbocycles. The van der Waals surface area contributed by atoms with Gasteiger partial charge in [0, 0.05) is 79.8 Å². The van der Waals surface area contributed by atoms with Gasteiger partial charge in [0.05, 0.1) is 111 Å². The number of carbonyl (C=O) groups excluding carboxylic acids is 9. The van der Waals surface area contributed by atoms with Crippen LogP contribution in [0.2, 0.25) is 0 Å². The Bertz CT molecular complexity index is 5260. The maximum Gasteiger partial charge on any atom is 0.307 e. The van der Waals surface area contributed by atoms with E-state index in [9.17, 15) is 43.2 Å². The van der Waals surface area contributed by atoms with Crippen molar-refractivity contribution in [1.82, 2.24) is 44.6 Å². The summed E-state index contributed by atoms with van der Waals surface area (Å²) in [5.74, 6) is 2.00. The van der Waals surface area contributed by atoms with Gasteiger partial charge in [-0.1, -0.05) is 156 Å². The molecule has 30 heteroatoms. The summed E-state index contributed by atoms with van der Waals surface area (Å²) in [6.07, 6.45) is 38.8. The first kappa shape index (κ1) is 107. The van der Waals surface area contributed by atoms with Crippen LogP contribution in [0.4, 0.5) is 0 Å². The Hall–Kier alpha value is -7.94. The van der Waals surface area contributed by atoms with Crippen LogP contribution in [0, 0.1) is 81.3 Å². The van der Waals surface area contributed by atoms with Crippen LogP contribution in [0.25, 0.3) is 33.1 Å². The van der Waals surface area contributed by atoms with Crippen LogP contribution in [0.5, 0.6) is 34.9 Å². The third-order valence-electron chi connectivity index (χ3n) is 35.0. The van der Waals surface area contributed by atoms with E-state index >= 15 is 0 Å². The first-order valence-electron chi connectivity index (χ1n) is 51.9. The van der Waals surface area contributed by atoms with Crippen LogP contribution >= 0.6 is 0 Å². The van der Waals surface area contributed by atoms with E-state index in [1.165, 1.54) is 6.42 Å². The quantitative estimate of drug-likeness (QED) is 0.0624. The van der Waals surface area contributed by atoms with Crippen molar-refractivity contribution in [3.63, 3.8) is 0 Å². The Morgan fingerprint density at radius 1 is 0.367 bits per heavy atom. The molecule has 6 aromatic rings. The van der Waals surface area contributed by atoms with E-state index in [1.807, 2.05) is 82.3 Å². The van der Waals surface area contributed by atoms with Gasteiger partial charge in [-0.15, -0.1) is 0 Å². The predicted octanol–water partition coefficient (Wildman–Crippen LogP) is 18.3. The fourth-order valence-corrected chi connectivity index (χ4v) is 26.4. The van der Waals surface area contributed by atoms with Crippen molar-refractivity contribution in [1.29, 1.82) is 0 Å². The molecule has 0 N–H and O–H groups in total. The van der Waals surface area contributed by atoms with E-state index in [0.29, 0.717) is 113 Å². The summed E-state index contributed by atoms with van der Waals surface area (Å²) in [7, 11) is 4.87. The Balaban J connectivity index is 0.000000164. The van der Waals surface area contributed by atoms with Gasteiger partial charge >= 0.3 is 17.9 Å². The summed E-state index contributed by atoms with van der Waals surface area (Å²) in [6, 6.07) is 14.7.